The van der Waals surface area contributed by atoms with Gasteiger partial charge in [0.2, 0.25) is 0 Å². The van der Waals surface area contributed by atoms with Crippen LogP contribution in [-0.4, -0.2) is 19.9 Å². The van der Waals surface area contributed by atoms with Crippen molar-refractivity contribution < 1.29 is 4.42 Å². The molecule has 1 aliphatic carbocycles. The highest BCUT2D eigenvalue weighted by Gasteiger charge is 2.50. The lowest BCUT2D eigenvalue weighted by Gasteiger charge is -2.40. The van der Waals surface area contributed by atoms with Gasteiger partial charge < -0.3 is 4.42 Å². The van der Waals surface area contributed by atoms with Gasteiger partial charge in [-0.1, -0.05) is 188 Å². The van der Waals surface area contributed by atoms with Gasteiger partial charge in [0.25, 0.3) is 0 Å². The van der Waals surface area contributed by atoms with Gasteiger partial charge in [0.1, 0.15) is 11.2 Å². The molecule has 1 spiro atoms. The van der Waals surface area contributed by atoms with E-state index in [2.05, 4.69) is 146 Å². The van der Waals surface area contributed by atoms with Gasteiger partial charge in [0.15, 0.2) is 17.5 Å². The molecule has 0 fully saturated rings. The summed E-state index contributed by atoms with van der Waals surface area (Å²) in [5.41, 5.74) is 14.4. The first-order chi connectivity index (χ1) is 32.2. The molecule has 2 aliphatic rings. The number of rotatable bonds is 4. The molecule has 0 N–H and O–H groups in total. The third kappa shape index (κ3) is 5.23. The van der Waals surface area contributed by atoms with Crippen molar-refractivity contribution in [3.8, 4) is 56.5 Å². The zero-order chi connectivity index (χ0) is 42.6. The van der Waals surface area contributed by atoms with Crippen molar-refractivity contribution >= 4 is 55.4 Å². The number of nitrogens with zero attached hydrogens (tertiary/aromatic N) is 4. The van der Waals surface area contributed by atoms with E-state index in [0.29, 0.717) is 17.5 Å². The summed E-state index contributed by atoms with van der Waals surface area (Å²) in [5.74, 6) is 1.70. The van der Waals surface area contributed by atoms with Crippen LogP contribution in [-0.2, 0) is 5.41 Å². The maximum Gasteiger partial charge on any atom is 0.167 e. The number of fused-ring (bicyclic) bond motifs is 16. The fraction of sp³-hybridized carbons (Fsp3) is 0.0169. The van der Waals surface area contributed by atoms with Crippen molar-refractivity contribution in [2.24, 2.45) is 0 Å². The van der Waals surface area contributed by atoms with E-state index in [1.807, 2.05) is 72.4 Å². The molecule has 4 heterocycles. The summed E-state index contributed by atoms with van der Waals surface area (Å²) in [4.78, 5) is 23.5. The predicted molar refractivity (Wildman–Crippen MR) is 263 cm³/mol. The maximum atomic E-state index is 6.50. The average molecular weight is 847 g/mol. The molecule has 3 aromatic heterocycles. The molecular formula is C59H34N4OS. The van der Waals surface area contributed by atoms with Crippen LogP contribution in [0.2, 0.25) is 0 Å². The van der Waals surface area contributed by atoms with Crippen molar-refractivity contribution in [2.45, 2.75) is 15.2 Å². The quantitative estimate of drug-likeness (QED) is 0.164. The first kappa shape index (κ1) is 36.3. The van der Waals surface area contributed by atoms with Gasteiger partial charge in [-0.25, -0.2) is 19.9 Å². The zero-order valence-electron chi connectivity index (χ0n) is 34.7. The summed E-state index contributed by atoms with van der Waals surface area (Å²) in [7, 11) is 0. The van der Waals surface area contributed by atoms with Crippen molar-refractivity contribution in [3.05, 3.63) is 229 Å². The molecule has 0 saturated heterocycles. The number of furan rings is 1. The minimum absolute atomic E-state index is 0.484. The molecule has 1 aliphatic heterocycles. The Balaban J connectivity index is 0.995. The molecule has 302 valence electrons. The summed E-state index contributed by atoms with van der Waals surface area (Å²) in [6.07, 6.45) is 0. The van der Waals surface area contributed by atoms with Crippen molar-refractivity contribution in [2.75, 3.05) is 0 Å². The SMILES string of the molecule is c1ccc(-c2nc(-c3cccc(-c4nc5ccccc5c5c6c(ccc45)C4(c5ccccc5S6)c5ccccc5-c5ccccc54)c3)nc(-c3cccc4c3oc3ccccc34)n2)cc1. The van der Waals surface area contributed by atoms with E-state index in [0.717, 1.165) is 66.2 Å². The van der Waals surface area contributed by atoms with Gasteiger partial charge in [-0.05, 0) is 63.7 Å². The van der Waals surface area contributed by atoms with Gasteiger partial charge in [-0.3, -0.25) is 0 Å². The third-order valence-electron chi connectivity index (χ3n) is 13.4. The van der Waals surface area contributed by atoms with E-state index in [1.165, 1.54) is 48.6 Å². The third-order valence-corrected chi connectivity index (χ3v) is 14.6. The second kappa shape index (κ2) is 13.9. The van der Waals surface area contributed by atoms with Crippen molar-refractivity contribution in [3.63, 3.8) is 0 Å². The molecule has 5 nitrogen and oxygen atoms in total. The minimum Gasteiger partial charge on any atom is -0.455 e. The Labute approximate surface area is 378 Å². The molecule has 6 heteroatoms. The van der Waals surface area contributed by atoms with E-state index in [9.17, 15) is 0 Å². The molecule has 65 heavy (non-hydrogen) atoms. The van der Waals surface area contributed by atoms with E-state index in [4.69, 9.17) is 24.4 Å². The second-order valence-corrected chi connectivity index (χ2v) is 17.9. The van der Waals surface area contributed by atoms with Crippen LogP contribution in [0.15, 0.2) is 220 Å². The standard InChI is InChI=1S/C59H34N4OS/c1-2-16-35(17-3-1)56-61-57(63-58(62-56)44-25-15-24-41-40-22-7-12-30-50(40)64-54(41)44)37-19-14-18-36(34-37)53-43-32-33-48-55(52(43)42-23-6-11-29-49(42)60-53)65-51-31-13-10-28-47(51)59(48)45-26-8-4-20-38(45)39-21-5-9-27-46(39)59/h1-34H. The molecule has 9 aromatic carbocycles. The smallest absolute Gasteiger partial charge is 0.167 e. The Kier molecular flexibility index (Phi) is 7.77. The van der Waals surface area contributed by atoms with Crippen LogP contribution in [0.5, 0.6) is 0 Å². The summed E-state index contributed by atoms with van der Waals surface area (Å²) in [6.45, 7) is 0. The van der Waals surface area contributed by atoms with Gasteiger partial charge in [-0.2, -0.15) is 0 Å². The molecule has 14 rings (SSSR count). The lowest BCUT2D eigenvalue weighted by molar-refractivity contribution is 0.669. The van der Waals surface area contributed by atoms with Gasteiger partial charge >= 0.3 is 0 Å². The molecule has 0 bridgehead atoms. The number of pyridine rings is 1. The van der Waals surface area contributed by atoms with Gasteiger partial charge in [0, 0.05) is 53.4 Å². The lowest BCUT2D eigenvalue weighted by atomic mass is 9.67. The maximum absolute atomic E-state index is 6.50. The number of benzene rings is 9. The lowest BCUT2D eigenvalue weighted by Crippen LogP contribution is -2.32. The second-order valence-electron chi connectivity index (χ2n) is 16.8. The monoisotopic (exact) mass is 846 g/mol. The van der Waals surface area contributed by atoms with E-state index in [1.54, 1.807) is 0 Å². The van der Waals surface area contributed by atoms with Crippen LogP contribution >= 0.6 is 11.8 Å². The Hall–Kier alpha value is -8.19. The van der Waals surface area contributed by atoms with Crippen LogP contribution in [0, 0.1) is 0 Å². The molecule has 0 atom stereocenters. The summed E-state index contributed by atoms with van der Waals surface area (Å²) >= 11 is 1.88. The Morgan fingerprint density at radius 2 is 0.985 bits per heavy atom. The zero-order valence-corrected chi connectivity index (χ0v) is 35.6. The van der Waals surface area contributed by atoms with Crippen LogP contribution in [0.1, 0.15) is 22.3 Å². The van der Waals surface area contributed by atoms with Crippen LogP contribution in [0.3, 0.4) is 0 Å². The molecule has 12 aromatic rings. The average Bonchev–Trinajstić information content (AvgIpc) is 3.90. The van der Waals surface area contributed by atoms with Crippen LogP contribution in [0.25, 0.3) is 100 Å². The molecule has 0 radical (unpaired) electrons. The highest BCUT2D eigenvalue weighted by molar-refractivity contribution is 7.99. The van der Waals surface area contributed by atoms with Gasteiger partial charge in [-0.15, -0.1) is 0 Å². The van der Waals surface area contributed by atoms with E-state index >= 15 is 0 Å². The van der Waals surface area contributed by atoms with Crippen molar-refractivity contribution in [1.29, 1.82) is 0 Å². The normalized spacial score (nSPS) is 13.3. The molecular weight excluding hydrogens is 813 g/mol. The first-order valence-corrected chi connectivity index (χ1v) is 22.7. The van der Waals surface area contributed by atoms with Gasteiger partial charge in [0.05, 0.1) is 22.2 Å². The summed E-state index contributed by atoms with van der Waals surface area (Å²) < 4.78 is 6.50. The van der Waals surface area contributed by atoms with E-state index < -0.39 is 5.41 Å². The van der Waals surface area contributed by atoms with E-state index in [-0.39, 0.29) is 0 Å². The number of hydrogen-bond donors (Lipinski definition) is 0. The first-order valence-electron chi connectivity index (χ1n) is 21.9. The van der Waals surface area contributed by atoms with Crippen LogP contribution in [0.4, 0.5) is 0 Å². The Morgan fingerprint density at radius 3 is 1.82 bits per heavy atom. The summed E-state index contributed by atoms with van der Waals surface area (Å²) in [5, 5.41) is 5.52. The number of aromatic nitrogens is 4. The summed E-state index contributed by atoms with van der Waals surface area (Å²) in [6, 6.07) is 73.2. The fourth-order valence-electron chi connectivity index (χ4n) is 10.6. The Bertz CT molecular complexity index is 3910. The fourth-order valence-corrected chi connectivity index (χ4v) is 12.0. The van der Waals surface area contributed by atoms with Crippen LogP contribution < -0.4 is 0 Å². The Morgan fingerprint density at radius 1 is 0.385 bits per heavy atom. The topological polar surface area (TPSA) is 64.7 Å². The number of hydrogen-bond acceptors (Lipinski definition) is 6. The predicted octanol–water partition coefficient (Wildman–Crippen LogP) is 15.0. The highest BCUT2D eigenvalue weighted by Crippen LogP contribution is 2.63. The number of para-hydroxylation sites is 3. The minimum atomic E-state index is -0.484. The molecule has 0 saturated carbocycles. The molecule has 0 amide bonds. The molecule has 0 unspecified atom stereocenters. The largest absolute Gasteiger partial charge is 0.455 e. The van der Waals surface area contributed by atoms with Crippen molar-refractivity contribution in [1.82, 2.24) is 19.9 Å². The highest BCUT2D eigenvalue weighted by atomic mass is 32.2.